The second kappa shape index (κ2) is 14.2. The first kappa shape index (κ1) is 22.3. The summed E-state index contributed by atoms with van der Waals surface area (Å²) < 4.78 is 48.2. The van der Waals surface area contributed by atoms with Crippen LogP contribution in [0.25, 0.3) is 0 Å². The van der Waals surface area contributed by atoms with Crippen LogP contribution in [0, 0.1) is 5.92 Å². The van der Waals surface area contributed by atoms with E-state index in [-0.39, 0.29) is 6.04 Å². The SMILES string of the molecule is C=CCC(CC=C)C(C)N.O=S(=O)(O)O.O=S=O. The molecule has 0 amide bonds. The van der Waals surface area contributed by atoms with E-state index in [9.17, 15) is 0 Å². The second-order valence-corrected chi connectivity index (χ2v) is 4.22. The molecule has 0 bridgehead atoms. The molecular weight excluding hydrogens is 282 g/mol. The molecule has 0 rings (SSSR count). The Morgan fingerprint density at radius 3 is 1.56 bits per heavy atom. The third-order valence-electron chi connectivity index (χ3n) is 1.68. The fourth-order valence-electron chi connectivity index (χ4n) is 0.954. The van der Waals surface area contributed by atoms with Crippen LogP contribution in [0.15, 0.2) is 25.3 Å². The molecule has 18 heavy (non-hydrogen) atoms. The van der Waals surface area contributed by atoms with Crippen molar-refractivity contribution < 1.29 is 25.9 Å². The van der Waals surface area contributed by atoms with Gasteiger partial charge >= 0.3 is 22.0 Å². The van der Waals surface area contributed by atoms with Crippen molar-refractivity contribution in [1.29, 1.82) is 0 Å². The molecule has 9 heteroatoms. The Hall–Kier alpha value is -0.870. The number of hydrogen-bond donors (Lipinski definition) is 3. The van der Waals surface area contributed by atoms with Crippen molar-refractivity contribution in [2.45, 2.75) is 25.8 Å². The van der Waals surface area contributed by atoms with Crippen LogP contribution in [0.5, 0.6) is 0 Å². The molecule has 0 spiro atoms. The number of nitrogens with two attached hydrogens (primary N) is 1. The van der Waals surface area contributed by atoms with Crippen LogP contribution in [-0.2, 0) is 22.0 Å². The lowest BCUT2D eigenvalue weighted by molar-refractivity contribution is 0.381. The van der Waals surface area contributed by atoms with Gasteiger partial charge in [0.25, 0.3) is 0 Å². The zero-order valence-corrected chi connectivity index (χ0v) is 11.7. The van der Waals surface area contributed by atoms with Gasteiger partial charge in [-0.3, -0.25) is 9.11 Å². The van der Waals surface area contributed by atoms with E-state index in [1.165, 1.54) is 0 Å². The van der Waals surface area contributed by atoms with Gasteiger partial charge in [0, 0.05) is 6.04 Å². The molecule has 0 aliphatic carbocycles. The zero-order chi connectivity index (χ0) is 15.2. The Kier molecular flexibility index (Phi) is 17.6. The van der Waals surface area contributed by atoms with E-state index in [4.69, 9.17) is 31.7 Å². The minimum atomic E-state index is -4.67. The van der Waals surface area contributed by atoms with Crippen molar-refractivity contribution in [3.63, 3.8) is 0 Å². The summed E-state index contributed by atoms with van der Waals surface area (Å²) in [6.07, 6.45) is 5.81. The van der Waals surface area contributed by atoms with Gasteiger partial charge in [-0.25, -0.2) is 0 Å². The van der Waals surface area contributed by atoms with Crippen LogP contribution in [-0.4, -0.2) is 32.0 Å². The monoisotopic (exact) mass is 301 g/mol. The first-order valence-electron chi connectivity index (χ1n) is 4.73. The molecule has 0 aromatic rings. The molecule has 4 N–H and O–H groups in total. The van der Waals surface area contributed by atoms with Crippen LogP contribution in [0.4, 0.5) is 0 Å². The minimum Gasteiger partial charge on any atom is -0.328 e. The normalized spacial score (nSPS) is 11.2. The van der Waals surface area contributed by atoms with Crippen molar-refractivity contribution in [1.82, 2.24) is 0 Å². The average Bonchev–Trinajstić information content (AvgIpc) is 2.16. The molecular formula is C9H19NO6S2. The lowest BCUT2D eigenvalue weighted by Gasteiger charge is -2.16. The van der Waals surface area contributed by atoms with Gasteiger partial charge in [-0.1, -0.05) is 12.2 Å². The highest BCUT2D eigenvalue weighted by atomic mass is 32.3. The van der Waals surface area contributed by atoms with E-state index in [0.29, 0.717) is 5.92 Å². The minimum absolute atomic E-state index is 0.246. The Labute approximate surface area is 111 Å². The smallest absolute Gasteiger partial charge is 0.328 e. The Balaban J connectivity index is -0.000000235. The van der Waals surface area contributed by atoms with Crippen molar-refractivity contribution in [2.24, 2.45) is 11.7 Å². The molecule has 0 aliphatic rings. The molecule has 0 fully saturated rings. The van der Waals surface area contributed by atoms with Gasteiger partial charge in [0.05, 0.1) is 0 Å². The number of hydrogen-bond acceptors (Lipinski definition) is 5. The maximum atomic E-state index is 8.74. The lowest BCUT2D eigenvalue weighted by Crippen LogP contribution is -2.25. The Bertz CT molecular complexity index is 328. The molecule has 0 saturated carbocycles. The number of allylic oxidation sites excluding steroid dienone is 2. The van der Waals surface area contributed by atoms with E-state index < -0.39 is 22.0 Å². The Morgan fingerprint density at radius 1 is 1.22 bits per heavy atom. The summed E-state index contributed by atoms with van der Waals surface area (Å²) in [4.78, 5) is 0. The van der Waals surface area contributed by atoms with Gasteiger partial charge in [-0.05, 0) is 25.7 Å². The first-order valence-corrected chi connectivity index (χ1v) is 6.79. The quantitative estimate of drug-likeness (QED) is 0.504. The van der Waals surface area contributed by atoms with E-state index in [2.05, 4.69) is 13.2 Å². The van der Waals surface area contributed by atoms with Gasteiger partial charge in [-0.2, -0.15) is 16.8 Å². The van der Waals surface area contributed by atoms with Crippen LogP contribution in [0.3, 0.4) is 0 Å². The third-order valence-corrected chi connectivity index (χ3v) is 1.68. The third kappa shape index (κ3) is 36.2. The van der Waals surface area contributed by atoms with Crippen molar-refractivity contribution in [3.05, 3.63) is 25.3 Å². The summed E-state index contributed by atoms with van der Waals surface area (Å²) in [6.45, 7) is 9.38. The van der Waals surface area contributed by atoms with E-state index in [1.807, 2.05) is 19.1 Å². The molecule has 108 valence electrons. The van der Waals surface area contributed by atoms with E-state index in [1.54, 1.807) is 0 Å². The van der Waals surface area contributed by atoms with Crippen LogP contribution in [0.1, 0.15) is 19.8 Å². The molecule has 0 aromatic heterocycles. The van der Waals surface area contributed by atoms with Crippen molar-refractivity contribution >= 4 is 22.0 Å². The van der Waals surface area contributed by atoms with E-state index in [0.717, 1.165) is 12.8 Å². The van der Waals surface area contributed by atoms with E-state index >= 15 is 0 Å². The molecule has 0 radical (unpaired) electrons. The molecule has 7 nitrogen and oxygen atoms in total. The van der Waals surface area contributed by atoms with Crippen LogP contribution in [0.2, 0.25) is 0 Å². The standard InChI is InChI=1S/C9H17N.H2O4S.O2S/c1-4-6-9(7-5-2)8(3)10;1-5(2,3)4;1-3-2/h4-5,8-9H,1-2,6-7,10H2,3H3;(H2,1,2,3,4);. The van der Waals surface area contributed by atoms with Crippen molar-refractivity contribution in [2.75, 3.05) is 0 Å². The highest BCUT2D eigenvalue weighted by Crippen LogP contribution is 2.12. The molecule has 0 saturated heterocycles. The van der Waals surface area contributed by atoms with Gasteiger partial charge in [0.2, 0.25) is 0 Å². The van der Waals surface area contributed by atoms with Gasteiger partial charge in [-0.15, -0.1) is 13.2 Å². The summed E-state index contributed by atoms with van der Waals surface area (Å²) in [5, 5.41) is 0. The first-order chi connectivity index (χ1) is 8.13. The predicted octanol–water partition coefficient (Wildman–Crippen LogP) is 0.779. The summed E-state index contributed by atoms with van der Waals surface area (Å²) in [7, 11) is -4.67. The molecule has 1 unspecified atom stereocenters. The predicted molar refractivity (Wildman–Crippen MR) is 69.9 cm³/mol. The molecule has 0 aromatic carbocycles. The average molecular weight is 301 g/mol. The second-order valence-electron chi connectivity index (χ2n) is 3.18. The number of rotatable bonds is 5. The summed E-state index contributed by atoms with van der Waals surface area (Å²) >= 11 is -0.750. The fraction of sp³-hybridized carbons (Fsp3) is 0.556. The summed E-state index contributed by atoms with van der Waals surface area (Å²) in [5.74, 6) is 0.523. The highest BCUT2D eigenvalue weighted by molar-refractivity contribution is 7.79. The zero-order valence-electron chi connectivity index (χ0n) is 10.1. The highest BCUT2D eigenvalue weighted by Gasteiger charge is 2.08. The molecule has 0 aliphatic heterocycles. The maximum absolute atomic E-state index is 8.74. The lowest BCUT2D eigenvalue weighted by atomic mass is 9.95. The maximum Gasteiger partial charge on any atom is 0.394 e. The van der Waals surface area contributed by atoms with Crippen LogP contribution >= 0.6 is 0 Å². The Morgan fingerprint density at radius 2 is 1.44 bits per heavy atom. The molecule has 0 heterocycles. The largest absolute Gasteiger partial charge is 0.394 e. The van der Waals surface area contributed by atoms with Gasteiger partial charge < -0.3 is 5.73 Å². The topological polar surface area (TPSA) is 135 Å². The molecule has 1 atom stereocenters. The summed E-state index contributed by atoms with van der Waals surface area (Å²) in [5.41, 5.74) is 5.71. The van der Waals surface area contributed by atoms with Crippen molar-refractivity contribution in [3.8, 4) is 0 Å². The van der Waals surface area contributed by atoms with Crippen LogP contribution < -0.4 is 5.73 Å². The van der Waals surface area contributed by atoms with Gasteiger partial charge in [0.15, 0.2) is 0 Å². The fourth-order valence-corrected chi connectivity index (χ4v) is 0.954. The van der Waals surface area contributed by atoms with Gasteiger partial charge in [0.1, 0.15) is 0 Å². The summed E-state index contributed by atoms with van der Waals surface area (Å²) in [6, 6.07) is 0.246.